The van der Waals surface area contributed by atoms with Gasteiger partial charge in [0.15, 0.2) is 13.0 Å². The molecule has 0 aliphatic heterocycles. The molecule has 0 bridgehead atoms. The van der Waals surface area contributed by atoms with Gasteiger partial charge in [-0.2, -0.15) is 0 Å². The topological polar surface area (TPSA) is 35.5 Å². The summed E-state index contributed by atoms with van der Waals surface area (Å²) in [4.78, 5) is 10.4. The molecule has 0 aliphatic carbocycles. The summed E-state index contributed by atoms with van der Waals surface area (Å²) in [5.74, 6) is -0.562. The number of ether oxygens (including phenoxy) is 2. The SMILES string of the molecule is COC(=O)C(C)OCF. The van der Waals surface area contributed by atoms with Crippen LogP contribution < -0.4 is 0 Å². The van der Waals surface area contributed by atoms with Crippen molar-refractivity contribution in [3.8, 4) is 0 Å². The van der Waals surface area contributed by atoms with Gasteiger partial charge in [0.2, 0.25) is 0 Å². The van der Waals surface area contributed by atoms with Gasteiger partial charge in [-0.15, -0.1) is 0 Å². The van der Waals surface area contributed by atoms with Gasteiger partial charge in [-0.1, -0.05) is 0 Å². The van der Waals surface area contributed by atoms with E-state index in [1.165, 1.54) is 14.0 Å². The number of methoxy groups -OCH3 is 1. The maximum Gasteiger partial charge on any atom is 0.334 e. The minimum atomic E-state index is -0.962. The summed E-state index contributed by atoms with van der Waals surface area (Å²) in [6.07, 6.45) is -0.806. The molecule has 0 saturated carbocycles. The zero-order valence-electron chi connectivity index (χ0n) is 5.39. The lowest BCUT2D eigenvalue weighted by Gasteiger charge is -2.05. The van der Waals surface area contributed by atoms with Crippen LogP contribution in [0.15, 0.2) is 0 Å². The van der Waals surface area contributed by atoms with Crippen LogP contribution >= 0.6 is 0 Å². The fourth-order valence-electron chi connectivity index (χ4n) is 0.328. The molecule has 4 heteroatoms. The summed E-state index contributed by atoms with van der Waals surface area (Å²) in [5.41, 5.74) is 0. The number of esters is 1. The van der Waals surface area contributed by atoms with Crippen molar-refractivity contribution in [2.24, 2.45) is 0 Å². The van der Waals surface area contributed by atoms with E-state index in [9.17, 15) is 9.18 Å². The summed E-state index contributed by atoms with van der Waals surface area (Å²) in [7, 11) is 1.22. The molecule has 0 N–H and O–H groups in total. The van der Waals surface area contributed by atoms with Crippen molar-refractivity contribution in [3.63, 3.8) is 0 Å². The molecule has 0 spiro atoms. The van der Waals surface area contributed by atoms with Gasteiger partial charge >= 0.3 is 5.97 Å². The molecule has 0 saturated heterocycles. The Labute approximate surface area is 52.8 Å². The Morgan fingerprint density at radius 1 is 1.78 bits per heavy atom. The molecule has 0 rings (SSSR count). The average Bonchev–Trinajstić information content (AvgIpc) is 1.87. The minimum absolute atomic E-state index is 0.562. The van der Waals surface area contributed by atoms with Crippen LogP contribution in [0.3, 0.4) is 0 Å². The first-order chi connectivity index (χ1) is 4.22. The third-order valence-corrected chi connectivity index (χ3v) is 0.846. The van der Waals surface area contributed by atoms with Gasteiger partial charge in [0.1, 0.15) is 0 Å². The lowest BCUT2D eigenvalue weighted by atomic mass is 10.4. The largest absolute Gasteiger partial charge is 0.467 e. The van der Waals surface area contributed by atoms with Gasteiger partial charge < -0.3 is 9.47 Å². The highest BCUT2D eigenvalue weighted by atomic mass is 19.1. The van der Waals surface area contributed by atoms with Crippen LogP contribution in [0, 0.1) is 0 Å². The molecule has 0 aromatic rings. The molecular weight excluding hydrogens is 127 g/mol. The standard InChI is InChI=1S/C5H9FO3/c1-4(9-3-6)5(7)8-2/h4H,3H2,1-2H3. The van der Waals surface area contributed by atoms with Gasteiger partial charge in [0, 0.05) is 0 Å². The monoisotopic (exact) mass is 136 g/mol. The van der Waals surface area contributed by atoms with Gasteiger partial charge in [0.25, 0.3) is 0 Å². The quantitative estimate of drug-likeness (QED) is 0.530. The number of alkyl halides is 1. The summed E-state index contributed by atoms with van der Waals surface area (Å²) in [5, 5.41) is 0. The smallest absolute Gasteiger partial charge is 0.334 e. The molecule has 0 aliphatic rings. The van der Waals surface area contributed by atoms with Crippen molar-refractivity contribution in [3.05, 3.63) is 0 Å². The van der Waals surface area contributed by atoms with Crippen molar-refractivity contribution < 1.29 is 18.7 Å². The lowest BCUT2D eigenvalue weighted by molar-refractivity contribution is -0.155. The van der Waals surface area contributed by atoms with E-state index >= 15 is 0 Å². The Balaban J connectivity index is 3.45. The highest BCUT2D eigenvalue weighted by Gasteiger charge is 2.11. The first-order valence-corrected chi connectivity index (χ1v) is 2.47. The van der Waals surface area contributed by atoms with E-state index in [0.29, 0.717) is 0 Å². The molecule has 9 heavy (non-hydrogen) atoms. The molecule has 1 unspecified atom stereocenters. The maximum atomic E-state index is 11.3. The van der Waals surface area contributed by atoms with Crippen LogP contribution in [-0.4, -0.2) is 26.0 Å². The minimum Gasteiger partial charge on any atom is -0.467 e. The number of carbonyl (C=O) groups is 1. The highest BCUT2D eigenvalue weighted by Crippen LogP contribution is 1.92. The number of carbonyl (C=O) groups excluding carboxylic acids is 1. The third-order valence-electron chi connectivity index (χ3n) is 0.846. The van der Waals surface area contributed by atoms with Gasteiger partial charge in [-0.05, 0) is 6.92 Å². The number of hydrogen-bond acceptors (Lipinski definition) is 3. The molecule has 0 radical (unpaired) electrons. The molecule has 0 heterocycles. The third kappa shape index (κ3) is 3.03. The van der Waals surface area contributed by atoms with Crippen molar-refractivity contribution in [2.45, 2.75) is 13.0 Å². The predicted molar refractivity (Wildman–Crippen MR) is 28.5 cm³/mol. The highest BCUT2D eigenvalue weighted by molar-refractivity contribution is 5.73. The first-order valence-electron chi connectivity index (χ1n) is 2.47. The molecule has 54 valence electrons. The molecule has 0 amide bonds. The maximum absolute atomic E-state index is 11.3. The Hall–Kier alpha value is -0.640. The summed E-state index contributed by atoms with van der Waals surface area (Å²) >= 11 is 0. The second kappa shape index (κ2) is 4.26. The van der Waals surface area contributed by atoms with E-state index in [1.807, 2.05) is 0 Å². The van der Waals surface area contributed by atoms with Crippen molar-refractivity contribution in [1.82, 2.24) is 0 Å². The molecule has 3 nitrogen and oxygen atoms in total. The van der Waals surface area contributed by atoms with E-state index in [1.54, 1.807) is 0 Å². The van der Waals surface area contributed by atoms with Crippen molar-refractivity contribution >= 4 is 5.97 Å². The molecule has 0 fully saturated rings. The van der Waals surface area contributed by atoms with E-state index in [0.717, 1.165) is 0 Å². The zero-order chi connectivity index (χ0) is 7.28. The number of rotatable bonds is 3. The Morgan fingerprint density at radius 3 is 2.67 bits per heavy atom. The zero-order valence-corrected chi connectivity index (χ0v) is 5.39. The first kappa shape index (κ1) is 8.36. The van der Waals surface area contributed by atoms with Crippen molar-refractivity contribution in [2.75, 3.05) is 14.0 Å². The summed E-state index contributed by atoms with van der Waals surface area (Å²) in [6, 6.07) is 0. The molecule has 0 aromatic heterocycles. The predicted octanol–water partition coefficient (Wildman–Crippen LogP) is 0.491. The van der Waals surface area contributed by atoms with Crippen molar-refractivity contribution in [1.29, 1.82) is 0 Å². The van der Waals surface area contributed by atoms with Crippen LogP contribution in [0.25, 0.3) is 0 Å². The van der Waals surface area contributed by atoms with Crippen LogP contribution in [0.2, 0.25) is 0 Å². The van der Waals surface area contributed by atoms with Crippen LogP contribution in [-0.2, 0) is 14.3 Å². The summed E-state index contributed by atoms with van der Waals surface area (Å²) in [6.45, 7) is 0.460. The van der Waals surface area contributed by atoms with Gasteiger partial charge in [-0.3, -0.25) is 0 Å². The average molecular weight is 136 g/mol. The Morgan fingerprint density at radius 2 is 2.33 bits per heavy atom. The second-order valence-electron chi connectivity index (χ2n) is 1.44. The van der Waals surface area contributed by atoms with Crippen LogP contribution in [0.5, 0.6) is 0 Å². The number of halogens is 1. The van der Waals surface area contributed by atoms with Gasteiger partial charge in [-0.25, -0.2) is 9.18 Å². The van der Waals surface area contributed by atoms with Crippen LogP contribution in [0.1, 0.15) is 6.92 Å². The lowest BCUT2D eigenvalue weighted by Crippen LogP contribution is -2.21. The molecule has 1 atom stereocenters. The van der Waals surface area contributed by atoms with Crippen LogP contribution in [0.4, 0.5) is 4.39 Å². The van der Waals surface area contributed by atoms with E-state index in [4.69, 9.17) is 0 Å². The number of hydrogen-bond donors (Lipinski definition) is 0. The Kier molecular flexibility index (Phi) is 3.96. The second-order valence-corrected chi connectivity index (χ2v) is 1.44. The molecular formula is C5H9FO3. The fraction of sp³-hybridized carbons (Fsp3) is 0.800. The Bertz CT molecular complexity index is 94.2. The fourth-order valence-corrected chi connectivity index (χ4v) is 0.328. The normalized spacial score (nSPS) is 12.8. The van der Waals surface area contributed by atoms with Gasteiger partial charge in [0.05, 0.1) is 7.11 Å². The van der Waals surface area contributed by atoms with E-state index in [-0.39, 0.29) is 0 Å². The van der Waals surface area contributed by atoms with E-state index in [2.05, 4.69) is 9.47 Å². The molecule has 0 aromatic carbocycles. The van der Waals surface area contributed by atoms with E-state index < -0.39 is 18.9 Å². The summed E-state index contributed by atoms with van der Waals surface area (Å²) < 4.78 is 19.8.